The van der Waals surface area contributed by atoms with Crippen LogP contribution < -0.4 is 9.47 Å². The van der Waals surface area contributed by atoms with E-state index in [9.17, 15) is 14.7 Å². The molecule has 0 aliphatic carbocycles. The summed E-state index contributed by atoms with van der Waals surface area (Å²) in [6.07, 6.45) is 0.771. The molecule has 0 bridgehead atoms. The molecule has 0 atom stereocenters. The number of thiophene rings is 1. The zero-order chi connectivity index (χ0) is 25.1. The Morgan fingerprint density at radius 2 is 1.86 bits per heavy atom. The number of ether oxygens (including phenoxy) is 3. The van der Waals surface area contributed by atoms with Gasteiger partial charge in [0.25, 0.3) is 0 Å². The van der Waals surface area contributed by atoms with Crippen LogP contribution in [0, 0.1) is 6.92 Å². The smallest absolute Gasteiger partial charge is 0.348 e. The fourth-order valence-electron chi connectivity index (χ4n) is 3.97. The Morgan fingerprint density at radius 1 is 1.11 bits per heavy atom. The standard InChI is InChI=1S/C26H26N2O6S/c1-5-20-27-21-15(2)23(26(31)33-4)35-24(21)28(20)13-16-9-11-18(12-10-16)34-14-17-7-6-8-19(25(29)30)22(17)32-3/h6-12H,5,13-14H2,1-4H3,(H,29,30). The molecule has 2 aromatic heterocycles. The molecule has 9 heteroatoms. The number of carboxylic acid groups (broad SMARTS) is 1. The van der Waals surface area contributed by atoms with Crippen LogP contribution >= 0.6 is 11.3 Å². The minimum atomic E-state index is -1.05. The quantitative estimate of drug-likeness (QED) is 0.324. The monoisotopic (exact) mass is 494 g/mol. The highest BCUT2D eigenvalue weighted by Gasteiger charge is 2.22. The second kappa shape index (κ2) is 10.2. The van der Waals surface area contributed by atoms with Gasteiger partial charge in [0.15, 0.2) is 0 Å². The predicted molar refractivity (Wildman–Crippen MR) is 133 cm³/mol. The Kier molecular flexibility index (Phi) is 7.07. The summed E-state index contributed by atoms with van der Waals surface area (Å²) in [5.41, 5.74) is 3.49. The first kappa shape index (κ1) is 24.3. The number of rotatable bonds is 9. The molecule has 1 N–H and O–H groups in total. The van der Waals surface area contributed by atoms with Crippen molar-refractivity contribution in [2.24, 2.45) is 0 Å². The highest BCUT2D eigenvalue weighted by molar-refractivity contribution is 7.20. The summed E-state index contributed by atoms with van der Waals surface area (Å²) >= 11 is 1.40. The van der Waals surface area contributed by atoms with Crippen LogP contribution in [-0.4, -0.2) is 40.8 Å². The van der Waals surface area contributed by atoms with Gasteiger partial charge in [-0.2, -0.15) is 0 Å². The first-order valence-electron chi connectivity index (χ1n) is 11.1. The van der Waals surface area contributed by atoms with Gasteiger partial charge in [-0.05, 0) is 30.7 Å². The van der Waals surface area contributed by atoms with E-state index in [1.807, 2.05) is 31.2 Å². The maximum atomic E-state index is 12.1. The molecule has 4 rings (SSSR count). The predicted octanol–water partition coefficient (Wildman–Crippen LogP) is 5.09. The van der Waals surface area contributed by atoms with Crippen molar-refractivity contribution < 1.29 is 28.9 Å². The number of carbonyl (C=O) groups excluding carboxylic acids is 1. The van der Waals surface area contributed by atoms with E-state index in [-0.39, 0.29) is 18.1 Å². The molecule has 2 heterocycles. The van der Waals surface area contributed by atoms with Gasteiger partial charge in [-0.25, -0.2) is 14.6 Å². The molecule has 0 radical (unpaired) electrons. The van der Waals surface area contributed by atoms with E-state index >= 15 is 0 Å². The van der Waals surface area contributed by atoms with E-state index < -0.39 is 5.97 Å². The Labute approximate surface area is 206 Å². The summed E-state index contributed by atoms with van der Waals surface area (Å²) in [6, 6.07) is 12.7. The molecule has 35 heavy (non-hydrogen) atoms. The van der Waals surface area contributed by atoms with Crippen LogP contribution in [0.15, 0.2) is 42.5 Å². The van der Waals surface area contributed by atoms with Gasteiger partial charge >= 0.3 is 11.9 Å². The SMILES string of the molecule is CCc1nc2c(C)c(C(=O)OC)sc2n1Cc1ccc(OCc2cccc(C(=O)O)c2OC)cc1. The fraction of sp³-hybridized carbons (Fsp3) is 0.269. The average molecular weight is 495 g/mol. The molecule has 0 unspecified atom stereocenters. The third-order valence-corrected chi connectivity index (χ3v) is 7.06. The minimum Gasteiger partial charge on any atom is -0.495 e. The normalized spacial score (nSPS) is 11.0. The van der Waals surface area contributed by atoms with Crippen molar-refractivity contribution in [1.29, 1.82) is 0 Å². The van der Waals surface area contributed by atoms with E-state index in [0.29, 0.717) is 28.5 Å². The lowest BCUT2D eigenvalue weighted by Gasteiger charge is -2.13. The number of carboxylic acids is 1. The van der Waals surface area contributed by atoms with E-state index in [1.165, 1.54) is 31.6 Å². The lowest BCUT2D eigenvalue weighted by atomic mass is 10.1. The van der Waals surface area contributed by atoms with Gasteiger partial charge in [-0.1, -0.05) is 31.2 Å². The van der Waals surface area contributed by atoms with Crippen LogP contribution in [0.25, 0.3) is 10.3 Å². The molecule has 2 aromatic carbocycles. The number of hydrogen-bond acceptors (Lipinski definition) is 7. The van der Waals surface area contributed by atoms with E-state index in [0.717, 1.165) is 33.7 Å². The molecule has 0 spiro atoms. The van der Waals surface area contributed by atoms with Gasteiger partial charge in [0, 0.05) is 17.5 Å². The van der Waals surface area contributed by atoms with Crippen molar-refractivity contribution >= 4 is 33.6 Å². The zero-order valence-electron chi connectivity index (χ0n) is 20.0. The summed E-state index contributed by atoms with van der Waals surface area (Å²) in [5.74, 6) is 0.514. The molecule has 0 amide bonds. The van der Waals surface area contributed by atoms with Crippen molar-refractivity contribution in [2.75, 3.05) is 14.2 Å². The summed E-state index contributed by atoms with van der Waals surface area (Å²) < 4.78 is 18.2. The molecule has 0 aliphatic heterocycles. The van der Waals surface area contributed by atoms with Crippen molar-refractivity contribution in [3.05, 3.63) is 75.4 Å². The molecule has 4 aromatic rings. The summed E-state index contributed by atoms with van der Waals surface area (Å²) in [4.78, 5) is 29.8. The molecule has 0 aliphatic rings. The van der Waals surface area contributed by atoms with Crippen LogP contribution in [0.3, 0.4) is 0 Å². The van der Waals surface area contributed by atoms with Crippen LogP contribution in [0.4, 0.5) is 0 Å². The number of para-hydroxylation sites is 1. The number of nitrogens with zero attached hydrogens (tertiary/aromatic N) is 2. The number of fused-ring (bicyclic) bond motifs is 1. The summed E-state index contributed by atoms with van der Waals surface area (Å²) in [6.45, 7) is 4.74. The molecular formula is C26H26N2O6S. The van der Waals surface area contributed by atoms with Crippen LogP contribution in [0.1, 0.15) is 49.5 Å². The number of hydrogen-bond donors (Lipinski definition) is 1. The summed E-state index contributed by atoms with van der Waals surface area (Å²) in [7, 11) is 2.83. The largest absolute Gasteiger partial charge is 0.495 e. The molecule has 182 valence electrons. The first-order valence-corrected chi connectivity index (χ1v) is 11.9. The highest BCUT2D eigenvalue weighted by Crippen LogP contribution is 2.33. The summed E-state index contributed by atoms with van der Waals surface area (Å²) in [5, 5.41) is 9.35. The molecule has 0 saturated carbocycles. The lowest BCUT2D eigenvalue weighted by Crippen LogP contribution is -2.06. The zero-order valence-corrected chi connectivity index (χ0v) is 20.8. The Bertz CT molecular complexity index is 1390. The van der Waals surface area contributed by atoms with Gasteiger partial charge in [-0.15, -0.1) is 11.3 Å². The average Bonchev–Trinajstić information content (AvgIpc) is 3.38. The number of aromatic nitrogens is 2. The van der Waals surface area contributed by atoms with Gasteiger partial charge in [0.05, 0.1) is 20.8 Å². The van der Waals surface area contributed by atoms with E-state index in [2.05, 4.69) is 11.5 Å². The Balaban J connectivity index is 1.53. The van der Waals surface area contributed by atoms with Crippen LogP contribution in [0.5, 0.6) is 11.5 Å². The van der Waals surface area contributed by atoms with Crippen molar-refractivity contribution in [3.63, 3.8) is 0 Å². The molecule has 0 fully saturated rings. The maximum Gasteiger partial charge on any atom is 0.348 e. The first-order chi connectivity index (χ1) is 16.9. The number of aromatic carboxylic acids is 1. The second-order valence-corrected chi connectivity index (χ2v) is 8.90. The number of imidazole rings is 1. The van der Waals surface area contributed by atoms with Crippen molar-refractivity contribution in [3.8, 4) is 11.5 Å². The third kappa shape index (κ3) is 4.72. The van der Waals surface area contributed by atoms with Gasteiger partial charge in [0.1, 0.15) is 44.7 Å². The van der Waals surface area contributed by atoms with Crippen LogP contribution in [0.2, 0.25) is 0 Å². The van der Waals surface area contributed by atoms with E-state index in [4.69, 9.17) is 19.2 Å². The van der Waals surface area contributed by atoms with Gasteiger partial charge in [-0.3, -0.25) is 0 Å². The fourth-order valence-corrected chi connectivity index (χ4v) is 5.16. The van der Waals surface area contributed by atoms with Crippen molar-refractivity contribution in [2.45, 2.75) is 33.4 Å². The molecular weight excluding hydrogens is 468 g/mol. The van der Waals surface area contributed by atoms with Crippen LogP contribution in [-0.2, 0) is 24.3 Å². The molecule has 8 nitrogen and oxygen atoms in total. The van der Waals surface area contributed by atoms with Gasteiger partial charge < -0.3 is 23.9 Å². The maximum absolute atomic E-state index is 12.1. The number of aryl methyl sites for hydroxylation is 2. The Morgan fingerprint density at radius 3 is 2.49 bits per heavy atom. The second-order valence-electron chi connectivity index (χ2n) is 7.90. The lowest BCUT2D eigenvalue weighted by molar-refractivity contribution is 0.0604. The molecule has 0 saturated heterocycles. The third-order valence-electron chi connectivity index (χ3n) is 5.77. The van der Waals surface area contributed by atoms with Crippen molar-refractivity contribution in [1.82, 2.24) is 9.55 Å². The topological polar surface area (TPSA) is 99.9 Å². The van der Waals surface area contributed by atoms with Gasteiger partial charge in [0.2, 0.25) is 0 Å². The minimum absolute atomic E-state index is 0.0986. The number of benzene rings is 2. The highest BCUT2D eigenvalue weighted by atomic mass is 32.1. The Hall–Kier alpha value is -3.85. The number of carbonyl (C=O) groups is 2. The van der Waals surface area contributed by atoms with E-state index in [1.54, 1.807) is 12.1 Å². The number of esters is 1. The number of methoxy groups -OCH3 is 2.